The highest BCUT2D eigenvalue weighted by Gasteiger charge is 2.29. The number of para-hydroxylation sites is 1. The standard InChI is InChI=1S/C33H37FN4O6/c1-22-33(42)38(2)25(20-23-8-4-3-5-9-23)21-44-29-11-7-6-10-27(29)31(40)37-28(16-17-30(39)36-22)32(41)35-18-19-43-26-14-12-24(34)13-15-26/h3-15,22,25,28H,16-21H2,1-2H3,(H,35,41)(H,36,39)(H,37,40)/t22-,25+,28-/m0/s1. The summed E-state index contributed by atoms with van der Waals surface area (Å²) in [4.78, 5) is 54.3. The van der Waals surface area contributed by atoms with E-state index < -0.39 is 35.8 Å². The van der Waals surface area contributed by atoms with Gasteiger partial charge < -0.3 is 30.3 Å². The average molecular weight is 605 g/mol. The van der Waals surface area contributed by atoms with Crippen LogP contribution in [0.2, 0.25) is 0 Å². The highest BCUT2D eigenvalue weighted by atomic mass is 19.1. The van der Waals surface area contributed by atoms with Crippen LogP contribution in [0, 0.1) is 5.82 Å². The number of amides is 4. The fourth-order valence-corrected chi connectivity index (χ4v) is 4.80. The van der Waals surface area contributed by atoms with Crippen LogP contribution in [0.4, 0.5) is 4.39 Å². The van der Waals surface area contributed by atoms with Crippen molar-refractivity contribution < 1.29 is 33.0 Å². The minimum atomic E-state index is -1.06. The van der Waals surface area contributed by atoms with Crippen LogP contribution in [0.15, 0.2) is 78.9 Å². The summed E-state index contributed by atoms with van der Waals surface area (Å²) in [5.41, 5.74) is 1.21. The summed E-state index contributed by atoms with van der Waals surface area (Å²) in [5, 5.41) is 8.16. The Hall–Kier alpha value is -4.93. The van der Waals surface area contributed by atoms with Gasteiger partial charge in [-0.15, -0.1) is 0 Å². The van der Waals surface area contributed by atoms with E-state index in [2.05, 4.69) is 16.0 Å². The zero-order chi connectivity index (χ0) is 31.5. The quantitative estimate of drug-likeness (QED) is 0.356. The first kappa shape index (κ1) is 32.0. The van der Waals surface area contributed by atoms with Crippen LogP contribution in [0.1, 0.15) is 35.7 Å². The van der Waals surface area contributed by atoms with Gasteiger partial charge in [-0.1, -0.05) is 42.5 Å². The third-order valence-corrected chi connectivity index (χ3v) is 7.29. The summed E-state index contributed by atoms with van der Waals surface area (Å²) in [6, 6.07) is 19.5. The molecule has 4 amide bonds. The lowest BCUT2D eigenvalue weighted by atomic mass is 10.0. The predicted octanol–water partition coefficient (Wildman–Crippen LogP) is 2.87. The maximum Gasteiger partial charge on any atom is 0.255 e. The maximum atomic E-state index is 13.4. The summed E-state index contributed by atoms with van der Waals surface area (Å²) in [6.07, 6.45) is 0.362. The molecule has 3 N–H and O–H groups in total. The van der Waals surface area contributed by atoms with Crippen LogP contribution in [-0.4, -0.2) is 73.5 Å². The zero-order valence-corrected chi connectivity index (χ0v) is 24.8. The van der Waals surface area contributed by atoms with Gasteiger partial charge >= 0.3 is 0 Å². The molecule has 3 aromatic rings. The number of nitrogens with one attached hydrogen (secondary N) is 3. The molecule has 0 saturated heterocycles. The fraction of sp³-hybridized carbons (Fsp3) is 0.333. The van der Waals surface area contributed by atoms with E-state index in [1.165, 1.54) is 24.3 Å². The topological polar surface area (TPSA) is 126 Å². The summed E-state index contributed by atoms with van der Waals surface area (Å²) in [6.45, 7) is 1.90. The van der Waals surface area contributed by atoms with E-state index in [4.69, 9.17) is 9.47 Å². The molecule has 232 valence electrons. The molecule has 3 atom stereocenters. The van der Waals surface area contributed by atoms with Gasteiger partial charge in [0, 0.05) is 13.5 Å². The number of hydrogen-bond acceptors (Lipinski definition) is 6. The number of carbonyl (C=O) groups excluding carboxylic acids is 4. The van der Waals surface area contributed by atoms with E-state index in [1.807, 2.05) is 30.3 Å². The molecule has 1 aliphatic rings. The van der Waals surface area contributed by atoms with E-state index in [0.717, 1.165) is 5.56 Å². The Morgan fingerprint density at radius 3 is 2.45 bits per heavy atom. The van der Waals surface area contributed by atoms with E-state index in [9.17, 15) is 23.6 Å². The van der Waals surface area contributed by atoms with Crippen LogP contribution >= 0.6 is 0 Å². The molecule has 0 radical (unpaired) electrons. The second-order valence-corrected chi connectivity index (χ2v) is 10.5. The monoisotopic (exact) mass is 604 g/mol. The van der Waals surface area contributed by atoms with Gasteiger partial charge in [-0.2, -0.15) is 0 Å². The normalized spacial score (nSPS) is 19.8. The van der Waals surface area contributed by atoms with Crippen LogP contribution < -0.4 is 25.4 Å². The molecule has 0 unspecified atom stereocenters. The van der Waals surface area contributed by atoms with Crippen molar-refractivity contribution in [1.82, 2.24) is 20.9 Å². The second kappa shape index (κ2) is 15.5. The molecule has 1 heterocycles. The molecule has 0 fully saturated rings. The molecule has 1 aliphatic heterocycles. The van der Waals surface area contributed by atoms with Gasteiger partial charge in [0.1, 0.15) is 42.6 Å². The number of likely N-dealkylation sites (N-methyl/N-ethyl adjacent to an activating group) is 1. The second-order valence-electron chi connectivity index (χ2n) is 10.5. The molecular weight excluding hydrogens is 567 g/mol. The number of halogens is 1. The van der Waals surface area contributed by atoms with Gasteiger partial charge in [-0.3, -0.25) is 19.2 Å². The molecule has 0 aromatic heterocycles. The predicted molar refractivity (Wildman–Crippen MR) is 162 cm³/mol. The van der Waals surface area contributed by atoms with E-state index in [1.54, 1.807) is 43.1 Å². The van der Waals surface area contributed by atoms with E-state index in [-0.39, 0.29) is 49.9 Å². The average Bonchev–Trinajstić information content (AvgIpc) is 3.03. The number of fused-ring (bicyclic) bond motifs is 1. The third kappa shape index (κ3) is 9.03. The van der Waals surface area contributed by atoms with Crippen molar-refractivity contribution in [3.63, 3.8) is 0 Å². The molecule has 10 nitrogen and oxygen atoms in total. The Morgan fingerprint density at radius 1 is 1.00 bits per heavy atom. The first-order valence-electron chi connectivity index (χ1n) is 14.5. The van der Waals surface area contributed by atoms with Gasteiger partial charge in [-0.25, -0.2) is 4.39 Å². The summed E-state index contributed by atoms with van der Waals surface area (Å²) in [7, 11) is 1.67. The van der Waals surface area contributed by atoms with Crippen molar-refractivity contribution in [3.8, 4) is 11.5 Å². The largest absolute Gasteiger partial charge is 0.492 e. The van der Waals surface area contributed by atoms with Crippen molar-refractivity contribution in [2.24, 2.45) is 0 Å². The van der Waals surface area contributed by atoms with Gasteiger partial charge in [-0.05, 0) is 61.7 Å². The number of rotatable bonds is 7. The molecule has 0 spiro atoms. The molecule has 3 aromatic carbocycles. The minimum absolute atomic E-state index is 0.0152. The number of carbonyl (C=O) groups is 4. The van der Waals surface area contributed by atoms with Gasteiger partial charge in [0.15, 0.2) is 0 Å². The number of benzene rings is 3. The minimum Gasteiger partial charge on any atom is -0.492 e. The Kier molecular flexibility index (Phi) is 11.3. The molecule has 0 saturated carbocycles. The summed E-state index contributed by atoms with van der Waals surface area (Å²) in [5.74, 6) is -1.43. The molecule has 4 rings (SSSR count). The molecule has 44 heavy (non-hydrogen) atoms. The lowest BCUT2D eigenvalue weighted by Gasteiger charge is -2.31. The Balaban J connectivity index is 1.50. The fourth-order valence-electron chi connectivity index (χ4n) is 4.80. The highest BCUT2D eigenvalue weighted by molar-refractivity contribution is 5.99. The molecule has 11 heteroatoms. The van der Waals surface area contributed by atoms with Crippen molar-refractivity contribution in [1.29, 1.82) is 0 Å². The Morgan fingerprint density at radius 2 is 1.70 bits per heavy atom. The summed E-state index contributed by atoms with van der Waals surface area (Å²) < 4.78 is 24.8. The van der Waals surface area contributed by atoms with Crippen molar-refractivity contribution in [2.45, 2.75) is 44.3 Å². The van der Waals surface area contributed by atoms with Gasteiger partial charge in [0.05, 0.1) is 18.2 Å². The van der Waals surface area contributed by atoms with Crippen LogP contribution in [-0.2, 0) is 20.8 Å². The number of hydrogen-bond donors (Lipinski definition) is 3. The molecular formula is C33H37FN4O6. The van der Waals surface area contributed by atoms with Gasteiger partial charge in [0.2, 0.25) is 17.7 Å². The SMILES string of the molecule is C[C@@H]1NC(=O)CC[C@@H](C(=O)NCCOc2ccc(F)cc2)NC(=O)c2ccccc2OC[C@@H](Cc2ccccc2)N(C)C1=O. The first-order valence-corrected chi connectivity index (χ1v) is 14.5. The third-order valence-electron chi connectivity index (χ3n) is 7.29. The van der Waals surface area contributed by atoms with Crippen molar-refractivity contribution >= 4 is 23.6 Å². The van der Waals surface area contributed by atoms with Gasteiger partial charge in [0.25, 0.3) is 5.91 Å². The molecule has 0 aliphatic carbocycles. The van der Waals surface area contributed by atoms with Crippen LogP contribution in [0.3, 0.4) is 0 Å². The number of ether oxygens (including phenoxy) is 2. The van der Waals surface area contributed by atoms with Crippen LogP contribution in [0.25, 0.3) is 0 Å². The molecule has 0 bridgehead atoms. The number of nitrogens with zero attached hydrogens (tertiary/aromatic N) is 1. The van der Waals surface area contributed by atoms with E-state index in [0.29, 0.717) is 17.9 Å². The Labute approximate surface area is 255 Å². The highest BCUT2D eigenvalue weighted by Crippen LogP contribution is 2.21. The summed E-state index contributed by atoms with van der Waals surface area (Å²) >= 11 is 0. The first-order chi connectivity index (χ1) is 21.2. The van der Waals surface area contributed by atoms with Crippen molar-refractivity contribution in [3.05, 3.63) is 95.8 Å². The maximum absolute atomic E-state index is 13.4. The van der Waals surface area contributed by atoms with Crippen molar-refractivity contribution in [2.75, 3.05) is 26.8 Å². The zero-order valence-electron chi connectivity index (χ0n) is 24.8. The smallest absolute Gasteiger partial charge is 0.255 e. The lowest BCUT2D eigenvalue weighted by Crippen LogP contribution is -2.51. The van der Waals surface area contributed by atoms with E-state index >= 15 is 0 Å². The van der Waals surface area contributed by atoms with Crippen LogP contribution in [0.5, 0.6) is 11.5 Å². The lowest BCUT2D eigenvalue weighted by molar-refractivity contribution is -0.137. The Bertz CT molecular complexity index is 1440.